The zero-order chi connectivity index (χ0) is 19.4. The van der Waals surface area contributed by atoms with Crippen molar-refractivity contribution in [3.8, 4) is 0 Å². The predicted octanol–water partition coefficient (Wildman–Crippen LogP) is 1.70. The summed E-state index contributed by atoms with van der Waals surface area (Å²) in [6, 6.07) is 7.05. The van der Waals surface area contributed by atoms with E-state index in [2.05, 4.69) is 5.32 Å². The minimum absolute atomic E-state index is 0.0307. The molecule has 0 bridgehead atoms. The van der Waals surface area contributed by atoms with Gasteiger partial charge in [0.25, 0.3) is 5.91 Å². The van der Waals surface area contributed by atoms with Gasteiger partial charge < -0.3 is 16.0 Å². The number of primary amides is 1. The fourth-order valence-electron chi connectivity index (χ4n) is 3.44. The van der Waals surface area contributed by atoms with Crippen LogP contribution in [0.15, 0.2) is 48.1 Å². The molecule has 1 atom stereocenters. The maximum Gasteiger partial charge on any atom is 0.251 e. The Labute approximate surface area is 159 Å². The number of nitrogens with zero attached hydrogens (tertiary/aromatic N) is 1. The number of carbonyl (C=O) groups is 3. The van der Waals surface area contributed by atoms with E-state index in [0.717, 1.165) is 5.56 Å². The van der Waals surface area contributed by atoms with Gasteiger partial charge in [-0.1, -0.05) is 29.8 Å². The first-order valence-electron chi connectivity index (χ1n) is 9.27. The molecule has 3 N–H and O–H groups in total. The van der Waals surface area contributed by atoms with Crippen LogP contribution >= 0.6 is 0 Å². The number of piperidine rings is 1. The quantitative estimate of drug-likeness (QED) is 0.794. The van der Waals surface area contributed by atoms with Crippen LogP contribution in [0.5, 0.6) is 0 Å². The lowest BCUT2D eigenvalue weighted by atomic mass is 9.94. The van der Waals surface area contributed by atoms with E-state index in [1.165, 1.54) is 0 Å². The molecule has 1 aliphatic carbocycles. The Bertz CT molecular complexity index is 787. The van der Waals surface area contributed by atoms with Crippen LogP contribution < -0.4 is 11.1 Å². The highest BCUT2D eigenvalue weighted by Gasteiger charge is 2.28. The zero-order valence-electron chi connectivity index (χ0n) is 15.5. The van der Waals surface area contributed by atoms with Crippen molar-refractivity contribution in [2.75, 3.05) is 13.1 Å². The monoisotopic (exact) mass is 367 g/mol. The normalized spacial score (nSPS) is 20.1. The number of hydrogen-bond donors (Lipinski definition) is 2. The minimum atomic E-state index is -0.310. The molecule has 142 valence electrons. The lowest BCUT2D eigenvalue weighted by molar-refractivity contribution is -0.131. The summed E-state index contributed by atoms with van der Waals surface area (Å²) in [6.45, 7) is 3.04. The Hall–Kier alpha value is -2.89. The molecule has 1 unspecified atom stereocenters. The van der Waals surface area contributed by atoms with Gasteiger partial charge in [0, 0.05) is 30.1 Å². The first-order chi connectivity index (χ1) is 12.9. The molecule has 0 spiro atoms. The number of nitrogens with one attached hydrogen (secondary N) is 1. The minimum Gasteiger partial charge on any atom is -0.369 e. The van der Waals surface area contributed by atoms with Gasteiger partial charge in [-0.05, 0) is 44.4 Å². The Morgan fingerprint density at radius 1 is 1.11 bits per heavy atom. The topological polar surface area (TPSA) is 92.5 Å². The van der Waals surface area contributed by atoms with Gasteiger partial charge in [-0.2, -0.15) is 0 Å². The van der Waals surface area contributed by atoms with Crippen LogP contribution in [-0.4, -0.2) is 41.8 Å². The van der Waals surface area contributed by atoms with Crippen LogP contribution in [0, 0.1) is 12.8 Å². The average molecular weight is 367 g/mol. The number of aryl methyl sites for hydroxylation is 1. The molecule has 6 heteroatoms. The van der Waals surface area contributed by atoms with E-state index in [4.69, 9.17) is 5.73 Å². The van der Waals surface area contributed by atoms with Crippen molar-refractivity contribution < 1.29 is 14.4 Å². The molecule has 1 aromatic carbocycles. The van der Waals surface area contributed by atoms with Crippen molar-refractivity contribution in [3.63, 3.8) is 0 Å². The number of amides is 3. The van der Waals surface area contributed by atoms with E-state index in [1.807, 2.05) is 37.3 Å². The predicted molar refractivity (Wildman–Crippen MR) is 103 cm³/mol. The third-order valence-electron chi connectivity index (χ3n) is 5.13. The Morgan fingerprint density at radius 3 is 2.41 bits per heavy atom. The van der Waals surface area contributed by atoms with Crippen molar-refractivity contribution in [2.24, 2.45) is 11.7 Å². The van der Waals surface area contributed by atoms with E-state index in [9.17, 15) is 14.4 Å². The molecule has 3 rings (SSSR count). The number of allylic oxidation sites excluding steroid dienone is 1. The van der Waals surface area contributed by atoms with Crippen LogP contribution in [0.25, 0.3) is 0 Å². The molecule has 1 saturated heterocycles. The molecule has 1 fully saturated rings. The first-order valence-corrected chi connectivity index (χ1v) is 9.27. The van der Waals surface area contributed by atoms with Crippen molar-refractivity contribution in [2.45, 2.75) is 32.2 Å². The van der Waals surface area contributed by atoms with Gasteiger partial charge in [-0.3, -0.25) is 14.4 Å². The van der Waals surface area contributed by atoms with E-state index < -0.39 is 0 Å². The molecule has 1 aromatic rings. The second-order valence-corrected chi connectivity index (χ2v) is 7.16. The maximum absolute atomic E-state index is 12.8. The fourth-order valence-corrected chi connectivity index (χ4v) is 3.44. The average Bonchev–Trinajstić information content (AvgIpc) is 2.68. The molecule has 0 saturated carbocycles. The highest BCUT2D eigenvalue weighted by atomic mass is 16.2. The van der Waals surface area contributed by atoms with Crippen LogP contribution in [-0.2, 0) is 9.59 Å². The maximum atomic E-state index is 12.8. The van der Waals surface area contributed by atoms with Crippen molar-refractivity contribution in [1.29, 1.82) is 0 Å². The van der Waals surface area contributed by atoms with Crippen molar-refractivity contribution in [3.05, 3.63) is 59.2 Å². The SMILES string of the molecule is Cc1ccc(C(=O)NC2C=CCC(C(=O)N3CCC(C(N)=O)CC3)=C2)cc1. The van der Waals surface area contributed by atoms with E-state index >= 15 is 0 Å². The molecular weight excluding hydrogens is 342 g/mol. The smallest absolute Gasteiger partial charge is 0.251 e. The Balaban J connectivity index is 1.61. The van der Waals surface area contributed by atoms with Crippen molar-refractivity contribution >= 4 is 17.7 Å². The molecule has 1 aliphatic heterocycles. The van der Waals surface area contributed by atoms with Gasteiger partial charge in [0.05, 0.1) is 6.04 Å². The number of likely N-dealkylation sites (tertiary alicyclic amines) is 1. The van der Waals surface area contributed by atoms with Crippen LogP contribution in [0.4, 0.5) is 0 Å². The van der Waals surface area contributed by atoms with Gasteiger partial charge in [-0.15, -0.1) is 0 Å². The van der Waals surface area contributed by atoms with Gasteiger partial charge in [0.2, 0.25) is 11.8 Å². The third-order valence-corrected chi connectivity index (χ3v) is 5.13. The molecular formula is C21H25N3O3. The van der Waals surface area contributed by atoms with Gasteiger partial charge in [0.15, 0.2) is 0 Å². The number of carbonyl (C=O) groups excluding carboxylic acids is 3. The standard InChI is InChI=1S/C21H25N3O3/c1-14-5-7-16(8-6-14)20(26)23-18-4-2-3-17(13-18)21(27)24-11-9-15(10-12-24)19(22)25/h2,4-8,13,15,18H,3,9-12H2,1H3,(H2,22,25)(H,23,26). The van der Waals surface area contributed by atoms with Crippen LogP contribution in [0.1, 0.15) is 35.2 Å². The molecule has 0 radical (unpaired) electrons. The third kappa shape index (κ3) is 4.64. The van der Waals surface area contributed by atoms with E-state index in [1.54, 1.807) is 17.0 Å². The summed E-state index contributed by atoms with van der Waals surface area (Å²) in [5.41, 5.74) is 7.71. The zero-order valence-corrected chi connectivity index (χ0v) is 15.5. The first kappa shape index (κ1) is 18.9. The number of nitrogens with two attached hydrogens (primary N) is 1. The summed E-state index contributed by atoms with van der Waals surface area (Å²) < 4.78 is 0. The van der Waals surface area contributed by atoms with Crippen LogP contribution in [0.3, 0.4) is 0 Å². The number of rotatable bonds is 4. The molecule has 3 amide bonds. The van der Waals surface area contributed by atoms with Gasteiger partial charge in [0.1, 0.15) is 0 Å². The molecule has 0 aromatic heterocycles. The second-order valence-electron chi connectivity index (χ2n) is 7.16. The highest BCUT2D eigenvalue weighted by Crippen LogP contribution is 2.21. The summed E-state index contributed by atoms with van der Waals surface area (Å²) in [6.07, 6.45) is 7.38. The Morgan fingerprint density at radius 2 is 1.78 bits per heavy atom. The molecule has 27 heavy (non-hydrogen) atoms. The van der Waals surface area contributed by atoms with Crippen LogP contribution in [0.2, 0.25) is 0 Å². The van der Waals surface area contributed by atoms with Crippen molar-refractivity contribution in [1.82, 2.24) is 10.2 Å². The summed E-state index contributed by atoms with van der Waals surface area (Å²) >= 11 is 0. The molecule has 6 nitrogen and oxygen atoms in total. The fraction of sp³-hybridized carbons (Fsp3) is 0.381. The van der Waals surface area contributed by atoms with E-state index in [-0.39, 0.29) is 29.7 Å². The summed E-state index contributed by atoms with van der Waals surface area (Å²) in [5.74, 6) is -0.634. The summed E-state index contributed by atoms with van der Waals surface area (Å²) in [7, 11) is 0. The summed E-state index contributed by atoms with van der Waals surface area (Å²) in [4.78, 5) is 38.2. The van der Waals surface area contributed by atoms with Gasteiger partial charge in [-0.25, -0.2) is 0 Å². The lowest BCUT2D eigenvalue weighted by Gasteiger charge is -2.31. The molecule has 1 heterocycles. The number of hydrogen-bond acceptors (Lipinski definition) is 3. The largest absolute Gasteiger partial charge is 0.369 e. The molecule has 2 aliphatic rings. The second kappa shape index (κ2) is 8.20. The highest BCUT2D eigenvalue weighted by molar-refractivity contribution is 5.96. The van der Waals surface area contributed by atoms with E-state index in [0.29, 0.717) is 43.5 Å². The number of benzene rings is 1. The summed E-state index contributed by atoms with van der Waals surface area (Å²) in [5, 5.41) is 2.93. The Kier molecular flexibility index (Phi) is 5.74. The van der Waals surface area contributed by atoms with Gasteiger partial charge >= 0.3 is 0 Å². The lowest BCUT2D eigenvalue weighted by Crippen LogP contribution is -2.43.